The summed E-state index contributed by atoms with van der Waals surface area (Å²) >= 11 is 0. The molecule has 0 aliphatic heterocycles. The number of aromatic carboxylic acids is 1. The van der Waals surface area contributed by atoms with Crippen LogP contribution in [0.5, 0.6) is 0 Å². The Morgan fingerprint density at radius 1 is 1.19 bits per heavy atom. The molecule has 0 aliphatic rings. The summed E-state index contributed by atoms with van der Waals surface area (Å²) in [5.41, 5.74) is 4.66. The SMILES string of the molecule is N#Cc1ccc(Nc2cc(C(=O)O)c(N)cc2F)c(F)c1. The first-order valence-electron chi connectivity index (χ1n) is 5.71. The lowest BCUT2D eigenvalue weighted by atomic mass is 10.1. The van der Waals surface area contributed by atoms with E-state index in [0.29, 0.717) is 0 Å². The van der Waals surface area contributed by atoms with E-state index in [-0.39, 0.29) is 28.2 Å². The molecule has 7 heteroatoms. The van der Waals surface area contributed by atoms with E-state index >= 15 is 0 Å². The van der Waals surface area contributed by atoms with Gasteiger partial charge >= 0.3 is 5.97 Å². The minimum absolute atomic E-state index is 0.0889. The van der Waals surface area contributed by atoms with E-state index in [2.05, 4.69) is 5.32 Å². The zero-order valence-electron chi connectivity index (χ0n) is 10.5. The lowest BCUT2D eigenvalue weighted by molar-refractivity contribution is 0.0698. The lowest BCUT2D eigenvalue weighted by Gasteiger charge is -2.11. The third-order valence-corrected chi connectivity index (χ3v) is 2.74. The zero-order valence-corrected chi connectivity index (χ0v) is 10.5. The van der Waals surface area contributed by atoms with Crippen LogP contribution in [-0.4, -0.2) is 11.1 Å². The van der Waals surface area contributed by atoms with Gasteiger partial charge in [0, 0.05) is 5.69 Å². The quantitative estimate of drug-likeness (QED) is 0.754. The molecule has 2 aromatic rings. The molecule has 21 heavy (non-hydrogen) atoms. The van der Waals surface area contributed by atoms with Crippen molar-refractivity contribution in [2.75, 3.05) is 11.1 Å². The molecule has 0 amide bonds. The molecule has 0 saturated heterocycles. The number of hydrogen-bond acceptors (Lipinski definition) is 4. The lowest BCUT2D eigenvalue weighted by Crippen LogP contribution is -2.06. The molecule has 0 spiro atoms. The van der Waals surface area contributed by atoms with Gasteiger partial charge in [-0.25, -0.2) is 13.6 Å². The van der Waals surface area contributed by atoms with Gasteiger partial charge in [0.2, 0.25) is 0 Å². The van der Waals surface area contributed by atoms with E-state index in [1.807, 2.05) is 0 Å². The summed E-state index contributed by atoms with van der Waals surface area (Å²) in [7, 11) is 0. The molecule has 2 rings (SSSR count). The van der Waals surface area contributed by atoms with E-state index in [9.17, 15) is 13.6 Å². The summed E-state index contributed by atoms with van der Waals surface area (Å²) in [5.74, 6) is -2.90. The number of benzene rings is 2. The highest BCUT2D eigenvalue weighted by atomic mass is 19.1. The van der Waals surface area contributed by atoms with Crippen molar-refractivity contribution >= 4 is 23.0 Å². The third-order valence-electron chi connectivity index (χ3n) is 2.74. The maximum atomic E-state index is 13.7. The standard InChI is InChI=1S/C14H9F2N3O2/c15-9-3-7(6-17)1-2-12(9)19-13-4-8(14(20)21)11(18)5-10(13)16/h1-5,19H,18H2,(H,20,21). The third kappa shape index (κ3) is 2.90. The van der Waals surface area contributed by atoms with Gasteiger partial charge in [0.25, 0.3) is 0 Å². The minimum atomic E-state index is -1.32. The van der Waals surface area contributed by atoms with Gasteiger partial charge < -0.3 is 16.2 Å². The average molecular weight is 289 g/mol. The van der Waals surface area contributed by atoms with Crippen LogP contribution in [0.25, 0.3) is 0 Å². The smallest absolute Gasteiger partial charge is 0.337 e. The van der Waals surface area contributed by atoms with Gasteiger partial charge in [0.1, 0.15) is 11.6 Å². The Hall–Kier alpha value is -3.14. The normalized spacial score (nSPS) is 9.95. The molecule has 0 radical (unpaired) electrons. The number of anilines is 3. The van der Waals surface area contributed by atoms with Crippen LogP contribution >= 0.6 is 0 Å². The summed E-state index contributed by atoms with van der Waals surface area (Å²) in [5, 5.41) is 20.0. The van der Waals surface area contributed by atoms with Crippen LogP contribution < -0.4 is 11.1 Å². The van der Waals surface area contributed by atoms with E-state index in [1.54, 1.807) is 6.07 Å². The van der Waals surface area contributed by atoms with Crippen molar-refractivity contribution in [3.05, 3.63) is 53.1 Å². The van der Waals surface area contributed by atoms with Crippen molar-refractivity contribution < 1.29 is 18.7 Å². The molecule has 0 aromatic heterocycles. The Morgan fingerprint density at radius 3 is 2.43 bits per heavy atom. The van der Waals surface area contributed by atoms with E-state index < -0.39 is 17.6 Å². The number of nitrogens with zero attached hydrogens (tertiary/aromatic N) is 1. The summed E-state index contributed by atoms with van der Waals surface area (Å²) < 4.78 is 27.5. The average Bonchev–Trinajstić information content (AvgIpc) is 2.43. The van der Waals surface area contributed by atoms with Gasteiger partial charge in [-0.2, -0.15) is 5.26 Å². The summed E-state index contributed by atoms with van der Waals surface area (Å²) in [4.78, 5) is 10.9. The number of hydrogen-bond donors (Lipinski definition) is 3. The van der Waals surface area contributed by atoms with E-state index in [1.165, 1.54) is 12.1 Å². The number of carbonyl (C=O) groups is 1. The number of rotatable bonds is 3. The molecule has 2 aromatic carbocycles. The molecule has 0 unspecified atom stereocenters. The second-order valence-electron chi connectivity index (χ2n) is 4.16. The zero-order chi connectivity index (χ0) is 15.6. The Bertz CT molecular complexity index is 770. The molecule has 0 heterocycles. The first kappa shape index (κ1) is 14.3. The maximum Gasteiger partial charge on any atom is 0.337 e. The Kier molecular flexibility index (Phi) is 3.71. The topological polar surface area (TPSA) is 99.1 Å². The highest BCUT2D eigenvalue weighted by molar-refractivity contribution is 5.95. The summed E-state index contributed by atoms with van der Waals surface area (Å²) in [6.45, 7) is 0. The van der Waals surface area contributed by atoms with Crippen LogP contribution in [0.2, 0.25) is 0 Å². The van der Waals surface area contributed by atoms with Crippen molar-refractivity contribution in [1.29, 1.82) is 5.26 Å². The van der Waals surface area contributed by atoms with Crippen LogP contribution in [0.3, 0.4) is 0 Å². The molecule has 0 atom stereocenters. The number of nitriles is 1. The van der Waals surface area contributed by atoms with Gasteiger partial charge in [-0.1, -0.05) is 0 Å². The summed E-state index contributed by atoms with van der Waals surface area (Å²) in [6.07, 6.45) is 0. The van der Waals surface area contributed by atoms with Crippen LogP contribution in [0.1, 0.15) is 15.9 Å². The molecule has 106 valence electrons. The molecule has 0 saturated carbocycles. The number of carboxylic acid groups (broad SMARTS) is 1. The molecule has 4 N–H and O–H groups in total. The number of nitrogen functional groups attached to an aromatic ring is 1. The van der Waals surface area contributed by atoms with Crippen molar-refractivity contribution in [3.8, 4) is 6.07 Å². The molecule has 5 nitrogen and oxygen atoms in total. The second-order valence-corrected chi connectivity index (χ2v) is 4.16. The molecule has 0 fully saturated rings. The number of carboxylic acids is 1. The largest absolute Gasteiger partial charge is 0.478 e. The van der Waals surface area contributed by atoms with Crippen LogP contribution in [-0.2, 0) is 0 Å². The molecule has 0 bridgehead atoms. The Morgan fingerprint density at radius 2 is 1.86 bits per heavy atom. The van der Waals surface area contributed by atoms with Crippen molar-refractivity contribution in [1.82, 2.24) is 0 Å². The Balaban J connectivity index is 2.42. The highest BCUT2D eigenvalue weighted by Gasteiger charge is 2.14. The predicted octanol–water partition coefficient (Wildman–Crippen LogP) is 2.86. The van der Waals surface area contributed by atoms with Gasteiger partial charge in [-0.05, 0) is 30.3 Å². The van der Waals surface area contributed by atoms with Crippen LogP contribution in [0.4, 0.5) is 25.8 Å². The predicted molar refractivity (Wildman–Crippen MR) is 72.2 cm³/mol. The van der Waals surface area contributed by atoms with Crippen LogP contribution in [0.15, 0.2) is 30.3 Å². The van der Waals surface area contributed by atoms with Crippen LogP contribution in [0, 0.1) is 23.0 Å². The van der Waals surface area contributed by atoms with E-state index in [4.69, 9.17) is 16.1 Å². The number of nitrogens with two attached hydrogens (primary N) is 1. The molecule has 0 aliphatic carbocycles. The van der Waals surface area contributed by atoms with Gasteiger partial charge in [0.15, 0.2) is 0 Å². The van der Waals surface area contributed by atoms with Crippen molar-refractivity contribution in [2.24, 2.45) is 0 Å². The number of nitrogens with one attached hydrogen (secondary N) is 1. The van der Waals surface area contributed by atoms with E-state index in [0.717, 1.165) is 18.2 Å². The molecular weight excluding hydrogens is 280 g/mol. The van der Waals surface area contributed by atoms with Gasteiger partial charge in [-0.3, -0.25) is 0 Å². The van der Waals surface area contributed by atoms with Gasteiger partial charge in [-0.15, -0.1) is 0 Å². The number of halogens is 2. The van der Waals surface area contributed by atoms with Crippen molar-refractivity contribution in [3.63, 3.8) is 0 Å². The summed E-state index contributed by atoms with van der Waals surface area (Å²) in [6, 6.07) is 7.16. The first-order valence-corrected chi connectivity index (χ1v) is 5.71. The monoisotopic (exact) mass is 289 g/mol. The van der Waals surface area contributed by atoms with Gasteiger partial charge in [0.05, 0.1) is 28.6 Å². The fraction of sp³-hybridized carbons (Fsp3) is 0. The minimum Gasteiger partial charge on any atom is -0.478 e. The molecular formula is C14H9F2N3O2. The fourth-order valence-electron chi connectivity index (χ4n) is 1.70. The first-order chi connectivity index (χ1) is 9.92. The Labute approximate surface area is 118 Å². The second kappa shape index (κ2) is 5.46. The fourth-order valence-corrected chi connectivity index (χ4v) is 1.70. The maximum absolute atomic E-state index is 13.7. The highest BCUT2D eigenvalue weighted by Crippen LogP contribution is 2.27. The van der Waals surface area contributed by atoms with Crippen molar-refractivity contribution in [2.45, 2.75) is 0 Å².